The lowest BCUT2D eigenvalue weighted by Crippen LogP contribution is -2.38. The fourth-order valence-electron chi connectivity index (χ4n) is 3.93. The summed E-state index contributed by atoms with van der Waals surface area (Å²) in [6.45, 7) is 1.54. The average Bonchev–Trinajstić information content (AvgIpc) is 3.54. The van der Waals surface area contributed by atoms with Crippen molar-refractivity contribution in [3.8, 4) is 22.8 Å². The van der Waals surface area contributed by atoms with Gasteiger partial charge in [0.1, 0.15) is 22.8 Å². The minimum Gasteiger partial charge on any atom is -0.443 e. The van der Waals surface area contributed by atoms with Crippen molar-refractivity contribution in [3.05, 3.63) is 47.8 Å². The molecule has 1 aliphatic heterocycles. The van der Waals surface area contributed by atoms with Gasteiger partial charge in [0.05, 0.1) is 12.4 Å². The summed E-state index contributed by atoms with van der Waals surface area (Å²) in [6, 6.07) is 3.92. The topological polar surface area (TPSA) is 127 Å². The fourth-order valence-corrected chi connectivity index (χ4v) is 4.11. The summed E-state index contributed by atoms with van der Waals surface area (Å²) in [5.74, 6) is -0.131. The molecule has 0 aliphatic carbocycles. The molecule has 11 heteroatoms. The molecule has 4 aromatic rings. The molecule has 32 heavy (non-hydrogen) atoms. The Labute approximate surface area is 188 Å². The molecule has 1 fully saturated rings. The first-order chi connectivity index (χ1) is 15.5. The Morgan fingerprint density at radius 3 is 2.94 bits per heavy atom. The van der Waals surface area contributed by atoms with E-state index >= 15 is 0 Å². The van der Waals surface area contributed by atoms with E-state index in [1.165, 1.54) is 12.5 Å². The number of aromatic nitrogens is 5. The summed E-state index contributed by atoms with van der Waals surface area (Å²) in [5.41, 5.74) is 8.25. The summed E-state index contributed by atoms with van der Waals surface area (Å²) in [6.07, 6.45) is 8.43. The van der Waals surface area contributed by atoms with Crippen LogP contribution in [-0.4, -0.2) is 61.3 Å². The van der Waals surface area contributed by atoms with Crippen LogP contribution in [0.15, 0.2) is 41.4 Å². The molecule has 0 radical (unpaired) electrons. The van der Waals surface area contributed by atoms with Crippen LogP contribution in [0.4, 0.5) is 5.82 Å². The van der Waals surface area contributed by atoms with Crippen LogP contribution < -0.4 is 11.1 Å². The van der Waals surface area contributed by atoms with Gasteiger partial charge in [0.15, 0.2) is 17.2 Å². The number of nitrogens with zero attached hydrogens (tertiary/aromatic N) is 6. The highest BCUT2D eigenvalue weighted by molar-refractivity contribution is 6.29. The maximum Gasteiger partial charge on any atom is 0.273 e. The van der Waals surface area contributed by atoms with Gasteiger partial charge >= 0.3 is 0 Å². The predicted octanol–water partition coefficient (Wildman–Crippen LogP) is 2.51. The first kappa shape index (κ1) is 20.4. The maximum absolute atomic E-state index is 12.9. The van der Waals surface area contributed by atoms with Gasteiger partial charge in [-0.15, -0.1) is 0 Å². The number of carbonyl (C=O) groups excluding carboxylic acids is 1. The molecule has 5 heterocycles. The molecular weight excluding hydrogens is 432 g/mol. The first-order valence-electron chi connectivity index (χ1n) is 10.2. The van der Waals surface area contributed by atoms with Gasteiger partial charge in [-0.3, -0.25) is 9.20 Å². The highest BCUT2D eigenvalue weighted by atomic mass is 35.5. The first-order valence-corrected chi connectivity index (χ1v) is 10.6. The van der Waals surface area contributed by atoms with Gasteiger partial charge in [0.25, 0.3) is 5.91 Å². The molecule has 10 nitrogen and oxygen atoms in total. The monoisotopic (exact) mass is 452 g/mol. The third kappa shape index (κ3) is 3.67. The van der Waals surface area contributed by atoms with E-state index in [1.807, 2.05) is 6.07 Å². The zero-order valence-corrected chi connectivity index (χ0v) is 18.1. The van der Waals surface area contributed by atoms with Crippen molar-refractivity contribution in [3.63, 3.8) is 0 Å². The number of likely N-dealkylation sites (N-methyl/N-ethyl adjacent to an activating group) is 1. The normalized spacial score (nSPS) is 16.6. The molecule has 1 aliphatic rings. The number of anilines is 1. The smallest absolute Gasteiger partial charge is 0.273 e. The molecule has 0 unspecified atom stereocenters. The van der Waals surface area contributed by atoms with Crippen LogP contribution in [0.5, 0.6) is 0 Å². The SMILES string of the molecule is CN1CCC[C@H]1CNC(=O)c1nc(-c2ccc3ncc(Cl)n3c2)c(-c2ncco2)nc1N. The molecule has 3 N–H and O–H groups in total. The van der Waals surface area contributed by atoms with Crippen molar-refractivity contribution in [1.29, 1.82) is 0 Å². The van der Waals surface area contributed by atoms with Gasteiger partial charge in [-0.25, -0.2) is 19.9 Å². The van der Waals surface area contributed by atoms with E-state index in [2.05, 4.69) is 37.2 Å². The molecule has 0 bridgehead atoms. The Kier molecular flexibility index (Phi) is 5.24. The number of pyridine rings is 1. The zero-order valence-electron chi connectivity index (χ0n) is 17.3. The van der Waals surface area contributed by atoms with Gasteiger partial charge in [0, 0.05) is 24.3 Å². The lowest BCUT2D eigenvalue weighted by atomic mass is 10.1. The van der Waals surface area contributed by atoms with Crippen LogP contribution in [0.25, 0.3) is 28.5 Å². The van der Waals surface area contributed by atoms with Crippen LogP contribution in [0.2, 0.25) is 5.15 Å². The van der Waals surface area contributed by atoms with Crippen molar-refractivity contribution in [2.24, 2.45) is 0 Å². The minimum atomic E-state index is -0.378. The highest BCUT2D eigenvalue weighted by Crippen LogP contribution is 2.30. The largest absolute Gasteiger partial charge is 0.443 e. The molecule has 1 amide bonds. The van der Waals surface area contributed by atoms with Crippen molar-refractivity contribution < 1.29 is 9.21 Å². The van der Waals surface area contributed by atoms with Crippen molar-refractivity contribution in [2.75, 3.05) is 25.9 Å². The van der Waals surface area contributed by atoms with Crippen LogP contribution in [0.3, 0.4) is 0 Å². The van der Waals surface area contributed by atoms with Crippen molar-refractivity contribution >= 4 is 29.0 Å². The number of carbonyl (C=O) groups is 1. The van der Waals surface area contributed by atoms with Gasteiger partial charge in [0.2, 0.25) is 5.89 Å². The number of hydrogen-bond donors (Lipinski definition) is 2. The van der Waals surface area contributed by atoms with E-state index in [-0.39, 0.29) is 23.3 Å². The van der Waals surface area contributed by atoms with E-state index in [9.17, 15) is 4.79 Å². The Balaban J connectivity index is 1.55. The van der Waals surface area contributed by atoms with E-state index in [0.717, 1.165) is 19.4 Å². The van der Waals surface area contributed by atoms with Gasteiger partial charge < -0.3 is 20.4 Å². The molecule has 0 saturated carbocycles. The number of hydrogen-bond acceptors (Lipinski definition) is 8. The zero-order chi connectivity index (χ0) is 22.2. The van der Waals surface area contributed by atoms with Crippen LogP contribution in [0, 0.1) is 0 Å². The molecule has 164 valence electrons. The summed E-state index contributed by atoms with van der Waals surface area (Å²) < 4.78 is 7.15. The summed E-state index contributed by atoms with van der Waals surface area (Å²) in [4.78, 5) is 32.6. The lowest BCUT2D eigenvalue weighted by Gasteiger charge is -2.19. The average molecular weight is 453 g/mol. The molecule has 0 spiro atoms. The standard InChI is InChI=1S/C21H21ClN8O2/c1-29-7-2-3-13(29)9-26-20(31)18-19(23)28-17(21-24-6-8-32-21)16(27-18)12-4-5-15-25-10-14(22)30(15)11-12/h4-6,8,10-11,13H,2-3,7,9H2,1H3,(H2,23,28)(H,26,31)/t13-/m0/s1. The number of fused-ring (bicyclic) bond motifs is 1. The molecule has 0 aromatic carbocycles. The second kappa shape index (κ2) is 8.21. The number of oxazole rings is 1. The van der Waals surface area contributed by atoms with Crippen LogP contribution in [0.1, 0.15) is 23.3 Å². The molecular formula is C21H21ClN8O2. The Bertz CT molecular complexity index is 1290. The third-order valence-electron chi connectivity index (χ3n) is 5.68. The maximum atomic E-state index is 12.9. The second-order valence-corrected chi connectivity index (χ2v) is 8.09. The number of nitrogen functional groups attached to an aromatic ring is 1. The lowest BCUT2D eigenvalue weighted by molar-refractivity contribution is 0.0939. The number of nitrogens with one attached hydrogen (secondary N) is 1. The number of nitrogens with two attached hydrogens (primary N) is 1. The van der Waals surface area contributed by atoms with Gasteiger partial charge in [-0.2, -0.15) is 0 Å². The van der Waals surface area contributed by atoms with Gasteiger partial charge in [-0.05, 0) is 38.6 Å². The Hall–Kier alpha value is -3.50. The van der Waals surface area contributed by atoms with Crippen molar-refractivity contribution in [1.82, 2.24) is 34.6 Å². The Morgan fingerprint density at radius 1 is 1.31 bits per heavy atom. The summed E-state index contributed by atoms with van der Waals surface area (Å²) >= 11 is 6.24. The van der Waals surface area contributed by atoms with Crippen LogP contribution in [-0.2, 0) is 0 Å². The number of imidazole rings is 1. The molecule has 1 atom stereocenters. The second-order valence-electron chi connectivity index (χ2n) is 7.71. The quantitative estimate of drug-likeness (QED) is 0.472. The number of likely N-dealkylation sites (tertiary alicyclic amines) is 1. The van der Waals surface area contributed by atoms with E-state index in [4.69, 9.17) is 21.8 Å². The number of rotatable bonds is 5. The fraction of sp³-hybridized carbons (Fsp3) is 0.286. The summed E-state index contributed by atoms with van der Waals surface area (Å²) in [7, 11) is 2.05. The Morgan fingerprint density at radius 2 is 2.19 bits per heavy atom. The highest BCUT2D eigenvalue weighted by Gasteiger charge is 2.25. The third-order valence-corrected chi connectivity index (χ3v) is 5.96. The molecule has 4 aromatic heterocycles. The van der Waals surface area contributed by atoms with Gasteiger partial charge in [-0.1, -0.05) is 11.6 Å². The minimum absolute atomic E-state index is 0.000896. The van der Waals surface area contributed by atoms with E-state index < -0.39 is 0 Å². The summed E-state index contributed by atoms with van der Waals surface area (Å²) in [5, 5.41) is 3.39. The van der Waals surface area contributed by atoms with E-state index in [0.29, 0.717) is 40.3 Å². The van der Waals surface area contributed by atoms with E-state index in [1.54, 1.807) is 22.9 Å². The number of halogens is 1. The molecule has 1 saturated heterocycles. The number of amides is 1. The predicted molar refractivity (Wildman–Crippen MR) is 119 cm³/mol. The van der Waals surface area contributed by atoms with Crippen molar-refractivity contribution in [2.45, 2.75) is 18.9 Å². The van der Waals surface area contributed by atoms with Crippen LogP contribution >= 0.6 is 11.6 Å². The molecule has 5 rings (SSSR count).